The first-order valence-electron chi connectivity index (χ1n) is 17.1. The Morgan fingerprint density at radius 3 is 1.80 bits per heavy atom. The summed E-state index contributed by atoms with van der Waals surface area (Å²) in [4.78, 5) is 10.2. The van der Waals surface area contributed by atoms with E-state index in [4.69, 9.17) is 9.98 Å². The Morgan fingerprint density at radius 2 is 1.00 bits per heavy atom. The van der Waals surface area contributed by atoms with E-state index in [1.807, 2.05) is 54.6 Å². The minimum Gasteiger partial charge on any atom is -0.344 e. The molecule has 3 nitrogen and oxygen atoms in total. The molecule has 51 heavy (non-hydrogen) atoms. The third-order valence-electron chi connectivity index (χ3n) is 10.2. The molecule has 0 spiro atoms. The molecule has 2 aliphatic rings. The average Bonchev–Trinajstić information content (AvgIpc) is 3.42. The number of rotatable bonds is 4. The molecule has 0 aromatic heterocycles. The van der Waals surface area contributed by atoms with Gasteiger partial charge < -0.3 is 5.32 Å². The molecule has 0 saturated heterocycles. The molecule has 8 aromatic carbocycles. The van der Waals surface area contributed by atoms with Crippen LogP contribution in [0.15, 0.2) is 174 Å². The zero-order valence-electron chi connectivity index (χ0n) is 27.3. The van der Waals surface area contributed by atoms with Gasteiger partial charge in [0.1, 0.15) is 12.0 Å². The summed E-state index contributed by atoms with van der Waals surface area (Å²) in [5.41, 5.74) is 5.83. The summed E-state index contributed by atoms with van der Waals surface area (Å²) in [6, 6.07) is 54.0. The first-order valence-corrected chi connectivity index (χ1v) is 17.1. The number of nitrogens with zero attached hydrogens (tertiary/aromatic N) is 2. The highest BCUT2D eigenvalue weighted by Crippen LogP contribution is 2.51. The smallest absolute Gasteiger partial charge is 0.299 e. The van der Waals surface area contributed by atoms with Gasteiger partial charge >= 0.3 is 0 Å². The molecule has 1 N–H and O–H groups in total. The van der Waals surface area contributed by atoms with E-state index >= 15 is 8.78 Å². The highest BCUT2D eigenvalue weighted by Gasteiger charge is 2.44. The number of benzene rings is 8. The van der Waals surface area contributed by atoms with Gasteiger partial charge in [-0.2, -0.15) is 8.78 Å². The molecule has 1 unspecified atom stereocenters. The number of hydrogen-bond donors (Lipinski definition) is 1. The van der Waals surface area contributed by atoms with Crippen molar-refractivity contribution in [3.8, 4) is 22.3 Å². The second-order valence-electron chi connectivity index (χ2n) is 13.3. The zero-order valence-corrected chi connectivity index (χ0v) is 27.3. The van der Waals surface area contributed by atoms with Gasteiger partial charge in [-0.3, -0.25) is 0 Å². The molecule has 1 atom stereocenters. The summed E-state index contributed by atoms with van der Waals surface area (Å²) < 4.78 is 31.1. The second-order valence-corrected chi connectivity index (χ2v) is 13.3. The predicted molar refractivity (Wildman–Crippen MR) is 205 cm³/mol. The quantitative estimate of drug-likeness (QED) is 0.200. The monoisotopic (exact) mass is 661 g/mol. The van der Waals surface area contributed by atoms with E-state index in [2.05, 4.69) is 90.2 Å². The van der Waals surface area contributed by atoms with Crippen molar-refractivity contribution in [2.24, 2.45) is 9.98 Å². The van der Waals surface area contributed by atoms with Crippen LogP contribution >= 0.6 is 0 Å². The van der Waals surface area contributed by atoms with Crippen molar-refractivity contribution >= 4 is 44.0 Å². The summed E-state index contributed by atoms with van der Waals surface area (Å²) in [6.45, 7) is 0. The Morgan fingerprint density at radius 1 is 0.451 bits per heavy atom. The van der Waals surface area contributed by atoms with Crippen molar-refractivity contribution in [2.45, 2.75) is 12.1 Å². The molecule has 0 bridgehead atoms. The van der Waals surface area contributed by atoms with Gasteiger partial charge in [0.05, 0.1) is 0 Å². The fourth-order valence-corrected chi connectivity index (χ4v) is 7.53. The molecule has 1 aliphatic carbocycles. The molecule has 5 heteroatoms. The van der Waals surface area contributed by atoms with Crippen molar-refractivity contribution in [3.63, 3.8) is 0 Å². The standard InChI is InChI=1S/C46H29F2N3/c47-46(48)41-12-6-5-11-39(41)40-22-21-34(27-42(40)46)33-17-13-30-16-20-37(26-38(30)25-33)45-50-43(35-18-14-28-7-1-3-9-31(28)23-35)49-44(51-45)36-19-15-29-8-2-4-10-32(29)24-36/h1-27,43H,(H,49,50,51). The van der Waals surface area contributed by atoms with E-state index in [0.717, 1.165) is 54.7 Å². The van der Waals surface area contributed by atoms with Gasteiger partial charge in [0.2, 0.25) is 0 Å². The maximum Gasteiger partial charge on any atom is 0.299 e. The van der Waals surface area contributed by atoms with Gasteiger partial charge in [-0.1, -0.05) is 133 Å². The summed E-state index contributed by atoms with van der Waals surface area (Å²) in [6.07, 6.45) is -0.359. The SMILES string of the molecule is FC1(F)c2ccccc2-c2ccc(-c3ccc4ccc(C5=NC(c6ccc7ccccc7c6)=NC(c6ccc7ccccc7c6)N5)cc4c3)cc21. The molecule has 0 amide bonds. The van der Waals surface area contributed by atoms with E-state index in [9.17, 15) is 0 Å². The van der Waals surface area contributed by atoms with Crippen LogP contribution in [0.4, 0.5) is 8.78 Å². The van der Waals surface area contributed by atoms with Crippen LogP contribution in [0.1, 0.15) is 34.0 Å². The number of aliphatic imine (C=N–C) groups is 2. The molecule has 1 heterocycles. The summed E-state index contributed by atoms with van der Waals surface area (Å²) in [7, 11) is 0. The maximum absolute atomic E-state index is 15.6. The van der Waals surface area contributed by atoms with Crippen molar-refractivity contribution < 1.29 is 8.78 Å². The van der Waals surface area contributed by atoms with Gasteiger partial charge in [0.15, 0.2) is 5.84 Å². The highest BCUT2D eigenvalue weighted by molar-refractivity contribution is 6.14. The van der Waals surface area contributed by atoms with E-state index < -0.39 is 5.92 Å². The van der Waals surface area contributed by atoms with E-state index in [-0.39, 0.29) is 17.3 Å². The highest BCUT2D eigenvalue weighted by atomic mass is 19.3. The number of halogens is 2. The Labute approximate surface area is 293 Å². The molecule has 10 rings (SSSR count). The van der Waals surface area contributed by atoms with E-state index in [1.165, 1.54) is 11.5 Å². The average molecular weight is 662 g/mol. The summed E-state index contributed by atoms with van der Waals surface area (Å²) >= 11 is 0. The van der Waals surface area contributed by atoms with Crippen LogP contribution in [0, 0.1) is 0 Å². The molecular formula is C46H29F2N3. The van der Waals surface area contributed by atoms with Crippen LogP contribution in [0.5, 0.6) is 0 Å². The molecule has 0 radical (unpaired) electrons. The van der Waals surface area contributed by atoms with Crippen molar-refractivity contribution in [3.05, 3.63) is 192 Å². The van der Waals surface area contributed by atoms with Crippen molar-refractivity contribution in [1.82, 2.24) is 5.32 Å². The summed E-state index contributed by atoms with van der Waals surface area (Å²) in [5, 5.41) is 10.3. The first-order chi connectivity index (χ1) is 25.0. The largest absolute Gasteiger partial charge is 0.344 e. The number of amidine groups is 2. The van der Waals surface area contributed by atoms with Gasteiger partial charge in [0, 0.05) is 22.3 Å². The Bertz CT molecular complexity index is 2780. The third-order valence-corrected chi connectivity index (χ3v) is 10.2. The van der Waals surface area contributed by atoms with Crippen molar-refractivity contribution in [2.75, 3.05) is 0 Å². The Kier molecular flexibility index (Phi) is 6.52. The van der Waals surface area contributed by atoms with Crippen LogP contribution in [-0.2, 0) is 5.92 Å². The fourth-order valence-electron chi connectivity index (χ4n) is 7.53. The topological polar surface area (TPSA) is 36.8 Å². The predicted octanol–water partition coefficient (Wildman–Crippen LogP) is 11.4. The number of alkyl halides is 2. The van der Waals surface area contributed by atoms with Crippen molar-refractivity contribution in [1.29, 1.82) is 0 Å². The fraction of sp³-hybridized carbons (Fsp3) is 0.0435. The molecular weight excluding hydrogens is 633 g/mol. The lowest BCUT2D eigenvalue weighted by Gasteiger charge is -2.24. The first kappa shape index (κ1) is 29.5. The zero-order chi connectivity index (χ0) is 34.1. The summed E-state index contributed by atoms with van der Waals surface area (Å²) in [5.74, 6) is -1.67. The van der Waals surface area contributed by atoms with Crippen LogP contribution < -0.4 is 5.32 Å². The number of nitrogens with one attached hydrogen (secondary N) is 1. The lowest BCUT2D eigenvalue weighted by molar-refractivity contribution is 0.0480. The molecule has 8 aromatic rings. The van der Waals surface area contributed by atoms with Gasteiger partial charge in [-0.05, 0) is 90.5 Å². The number of hydrogen-bond acceptors (Lipinski definition) is 3. The third kappa shape index (κ3) is 4.92. The van der Waals surface area contributed by atoms with Gasteiger partial charge in [-0.25, -0.2) is 9.98 Å². The second kappa shape index (κ2) is 11.3. The van der Waals surface area contributed by atoms with Crippen LogP contribution in [0.3, 0.4) is 0 Å². The van der Waals surface area contributed by atoms with Crippen LogP contribution in [0.2, 0.25) is 0 Å². The lowest BCUT2D eigenvalue weighted by atomic mass is 9.96. The molecule has 1 aliphatic heterocycles. The lowest BCUT2D eigenvalue weighted by Crippen LogP contribution is -2.33. The van der Waals surface area contributed by atoms with E-state index in [0.29, 0.717) is 22.8 Å². The van der Waals surface area contributed by atoms with Crippen LogP contribution in [0.25, 0.3) is 54.6 Å². The molecule has 242 valence electrons. The van der Waals surface area contributed by atoms with Crippen LogP contribution in [-0.4, -0.2) is 11.7 Å². The minimum absolute atomic E-state index is 0.0519. The maximum atomic E-state index is 15.6. The molecule has 0 saturated carbocycles. The van der Waals surface area contributed by atoms with Gasteiger partial charge in [-0.15, -0.1) is 0 Å². The normalized spacial score (nSPS) is 16.0. The van der Waals surface area contributed by atoms with E-state index in [1.54, 1.807) is 18.2 Å². The molecule has 0 fully saturated rings. The Balaban J connectivity index is 1.06. The van der Waals surface area contributed by atoms with Gasteiger partial charge in [0.25, 0.3) is 5.92 Å². The minimum atomic E-state index is -3.04. The number of fused-ring (bicyclic) bond motifs is 6. The Hall–Kier alpha value is -6.46.